The van der Waals surface area contributed by atoms with Crippen LogP contribution >= 0.6 is 0 Å². The number of hydrogen-bond donors (Lipinski definition) is 4. The van der Waals surface area contributed by atoms with Crippen LogP contribution in [-0.2, 0) is 0 Å². The molecule has 0 heterocycles. The van der Waals surface area contributed by atoms with Gasteiger partial charge in [0.2, 0.25) is 0 Å². The van der Waals surface area contributed by atoms with Crippen molar-refractivity contribution in [1.29, 1.82) is 0 Å². The molecule has 0 radical (unpaired) electrons. The van der Waals surface area contributed by atoms with E-state index in [-0.39, 0.29) is 0 Å². The SMILES string of the molecule is OC1C=C[C@@H](O)[C@@H](O)C1O. The molecule has 0 fully saturated rings. The van der Waals surface area contributed by atoms with Gasteiger partial charge in [0.05, 0.1) is 0 Å². The van der Waals surface area contributed by atoms with Gasteiger partial charge in [-0.1, -0.05) is 12.2 Å². The first-order valence-corrected chi connectivity index (χ1v) is 3.03. The molecule has 10 heavy (non-hydrogen) atoms. The maximum Gasteiger partial charge on any atom is 0.112 e. The third-order valence-corrected chi connectivity index (χ3v) is 1.56. The van der Waals surface area contributed by atoms with Gasteiger partial charge in [-0.15, -0.1) is 0 Å². The van der Waals surface area contributed by atoms with Gasteiger partial charge < -0.3 is 20.4 Å². The molecule has 0 saturated carbocycles. The molecule has 1 rings (SSSR count). The van der Waals surface area contributed by atoms with Crippen LogP contribution < -0.4 is 0 Å². The Labute approximate surface area is 58.0 Å². The molecular formula is C6H10O4. The van der Waals surface area contributed by atoms with Crippen LogP contribution in [0.5, 0.6) is 0 Å². The van der Waals surface area contributed by atoms with Crippen LogP contribution in [0, 0.1) is 0 Å². The second kappa shape index (κ2) is 2.67. The van der Waals surface area contributed by atoms with E-state index in [0.717, 1.165) is 0 Å². The third-order valence-electron chi connectivity index (χ3n) is 1.56. The van der Waals surface area contributed by atoms with E-state index in [1.54, 1.807) is 0 Å². The molecule has 1 aliphatic carbocycles. The van der Waals surface area contributed by atoms with Gasteiger partial charge in [0.15, 0.2) is 0 Å². The van der Waals surface area contributed by atoms with Crippen LogP contribution in [0.4, 0.5) is 0 Å². The minimum Gasteiger partial charge on any atom is -0.387 e. The van der Waals surface area contributed by atoms with Crippen molar-refractivity contribution in [3.8, 4) is 0 Å². The van der Waals surface area contributed by atoms with Crippen molar-refractivity contribution < 1.29 is 20.4 Å². The van der Waals surface area contributed by atoms with Crippen LogP contribution in [0.3, 0.4) is 0 Å². The molecule has 0 aromatic carbocycles. The standard InChI is InChI=1S/C6H10O4/c7-3-1-2-4(8)6(10)5(3)9/h1-10H/t3-,4?,5-,6?/m1/s1. The molecule has 0 bridgehead atoms. The first-order valence-electron chi connectivity index (χ1n) is 3.03. The third kappa shape index (κ3) is 1.19. The highest BCUT2D eigenvalue weighted by atomic mass is 16.4. The predicted molar refractivity (Wildman–Crippen MR) is 33.2 cm³/mol. The highest BCUT2D eigenvalue weighted by Crippen LogP contribution is 2.12. The zero-order valence-corrected chi connectivity index (χ0v) is 5.25. The molecule has 1 aliphatic rings. The van der Waals surface area contributed by atoms with Crippen molar-refractivity contribution in [2.45, 2.75) is 24.4 Å². The lowest BCUT2D eigenvalue weighted by atomic mass is 9.97. The van der Waals surface area contributed by atoms with Crippen molar-refractivity contribution in [1.82, 2.24) is 0 Å². The van der Waals surface area contributed by atoms with E-state index >= 15 is 0 Å². The van der Waals surface area contributed by atoms with E-state index in [0.29, 0.717) is 0 Å². The Balaban J connectivity index is 2.69. The summed E-state index contributed by atoms with van der Waals surface area (Å²) in [7, 11) is 0. The van der Waals surface area contributed by atoms with Gasteiger partial charge >= 0.3 is 0 Å². The molecule has 4 nitrogen and oxygen atoms in total. The molecule has 0 amide bonds. The van der Waals surface area contributed by atoms with Crippen LogP contribution in [0.25, 0.3) is 0 Å². The molecule has 0 aliphatic heterocycles. The van der Waals surface area contributed by atoms with E-state index < -0.39 is 24.4 Å². The highest BCUT2D eigenvalue weighted by Gasteiger charge is 2.31. The van der Waals surface area contributed by atoms with Gasteiger partial charge in [0, 0.05) is 0 Å². The van der Waals surface area contributed by atoms with E-state index in [2.05, 4.69) is 0 Å². The van der Waals surface area contributed by atoms with Crippen LogP contribution in [0.15, 0.2) is 12.2 Å². The topological polar surface area (TPSA) is 80.9 Å². The van der Waals surface area contributed by atoms with E-state index in [1.165, 1.54) is 12.2 Å². The second-order valence-electron chi connectivity index (χ2n) is 2.35. The van der Waals surface area contributed by atoms with Crippen molar-refractivity contribution in [2.75, 3.05) is 0 Å². The summed E-state index contributed by atoms with van der Waals surface area (Å²) in [5.74, 6) is 0. The Hall–Kier alpha value is -0.420. The lowest BCUT2D eigenvalue weighted by Gasteiger charge is -2.27. The molecule has 0 aromatic heterocycles. The normalized spacial score (nSPS) is 47.6. The molecule has 0 saturated heterocycles. The Morgan fingerprint density at radius 1 is 0.700 bits per heavy atom. The maximum absolute atomic E-state index is 8.91. The lowest BCUT2D eigenvalue weighted by Crippen LogP contribution is -2.46. The van der Waals surface area contributed by atoms with Crippen LogP contribution in [-0.4, -0.2) is 44.8 Å². The summed E-state index contributed by atoms with van der Waals surface area (Å²) < 4.78 is 0. The minimum absolute atomic E-state index is 1.07. The van der Waals surface area contributed by atoms with E-state index in [9.17, 15) is 0 Å². The van der Waals surface area contributed by atoms with Gasteiger partial charge in [-0.25, -0.2) is 0 Å². The van der Waals surface area contributed by atoms with Crippen LogP contribution in [0.2, 0.25) is 0 Å². The summed E-state index contributed by atoms with van der Waals surface area (Å²) in [6.07, 6.45) is -2.19. The zero-order chi connectivity index (χ0) is 7.72. The molecule has 4 atom stereocenters. The second-order valence-corrected chi connectivity index (χ2v) is 2.35. The summed E-state index contributed by atoms with van der Waals surface area (Å²) in [5.41, 5.74) is 0. The lowest BCUT2D eigenvalue weighted by molar-refractivity contribution is -0.0884. The number of aliphatic hydroxyl groups excluding tert-OH is 4. The van der Waals surface area contributed by atoms with Gasteiger partial charge in [0.25, 0.3) is 0 Å². The van der Waals surface area contributed by atoms with Gasteiger partial charge in [-0.05, 0) is 0 Å². The van der Waals surface area contributed by atoms with Gasteiger partial charge in [-0.3, -0.25) is 0 Å². The number of hydrogen-bond acceptors (Lipinski definition) is 4. The molecule has 0 spiro atoms. The predicted octanol–water partition coefficient (Wildman–Crippen LogP) is -2.00. The summed E-state index contributed by atoms with van der Waals surface area (Å²) in [6.45, 7) is 0. The molecule has 2 unspecified atom stereocenters. The molecule has 4 heteroatoms. The monoisotopic (exact) mass is 146 g/mol. The van der Waals surface area contributed by atoms with Crippen molar-refractivity contribution >= 4 is 0 Å². The Morgan fingerprint density at radius 2 is 1.00 bits per heavy atom. The van der Waals surface area contributed by atoms with Crippen molar-refractivity contribution in [3.63, 3.8) is 0 Å². The van der Waals surface area contributed by atoms with Crippen LogP contribution in [0.1, 0.15) is 0 Å². The first kappa shape index (κ1) is 7.68. The highest BCUT2D eigenvalue weighted by molar-refractivity contribution is 5.07. The fourth-order valence-corrected chi connectivity index (χ4v) is 0.859. The summed E-state index contributed by atoms with van der Waals surface area (Å²) >= 11 is 0. The zero-order valence-electron chi connectivity index (χ0n) is 5.25. The van der Waals surface area contributed by atoms with Crippen molar-refractivity contribution in [3.05, 3.63) is 12.2 Å². The van der Waals surface area contributed by atoms with Crippen molar-refractivity contribution in [2.24, 2.45) is 0 Å². The van der Waals surface area contributed by atoms with E-state index in [4.69, 9.17) is 20.4 Å². The van der Waals surface area contributed by atoms with Gasteiger partial charge in [-0.2, -0.15) is 0 Å². The van der Waals surface area contributed by atoms with E-state index in [1.807, 2.05) is 0 Å². The fraction of sp³-hybridized carbons (Fsp3) is 0.667. The maximum atomic E-state index is 8.91. The van der Waals surface area contributed by atoms with Gasteiger partial charge in [0.1, 0.15) is 24.4 Å². The molecular weight excluding hydrogens is 136 g/mol. The average Bonchev–Trinajstić information content (AvgIpc) is 1.93. The first-order chi connectivity index (χ1) is 4.63. The molecule has 4 N–H and O–H groups in total. The largest absolute Gasteiger partial charge is 0.387 e. The fourth-order valence-electron chi connectivity index (χ4n) is 0.859. The smallest absolute Gasteiger partial charge is 0.112 e. The number of rotatable bonds is 0. The summed E-state index contributed by atoms with van der Waals surface area (Å²) in [5, 5.41) is 35.5. The minimum atomic E-state index is -1.28. The summed E-state index contributed by atoms with van der Waals surface area (Å²) in [6, 6.07) is 0. The number of aliphatic hydroxyl groups is 4. The Bertz CT molecular complexity index is 129. The average molecular weight is 146 g/mol. The Kier molecular flexibility index (Phi) is 2.05. The molecule has 0 aromatic rings. The quantitative estimate of drug-likeness (QED) is 0.298. The Morgan fingerprint density at radius 3 is 1.30 bits per heavy atom. The molecule has 58 valence electrons. The summed E-state index contributed by atoms with van der Waals surface area (Å²) in [4.78, 5) is 0.